The summed E-state index contributed by atoms with van der Waals surface area (Å²) in [6, 6.07) is 9.28. The number of hydrogen-bond donors (Lipinski definition) is 2. The average Bonchev–Trinajstić information content (AvgIpc) is 2.92. The largest absolute Gasteiger partial charge is 0.486 e. The van der Waals surface area contributed by atoms with Crippen LogP contribution in [0.15, 0.2) is 30.5 Å². The van der Waals surface area contributed by atoms with Crippen molar-refractivity contribution in [2.24, 2.45) is 0 Å². The highest BCUT2D eigenvalue weighted by Gasteiger charge is 2.24. The van der Waals surface area contributed by atoms with Crippen LogP contribution in [0.1, 0.15) is 50.7 Å². The quantitative estimate of drug-likeness (QED) is 0.446. The van der Waals surface area contributed by atoms with E-state index in [1.165, 1.54) is 6.20 Å². The fourth-order valence-corrected chi connectivity index (χ4v) is 4.25. The second-order valence-electron chi connectivity index (χ2n) is 9.34. The molecule has 206 valence electrons. The van der Waals surface area contributed by atoms with Crippen LogP contribution in [-0.4, -0.2) is 43.0 Å². The van der Waals surface area contributed by atoms with Crippen molar-refractivity contribution < 1.29 is 28.4 Å². The smallest absolute Gasteiger partial charge is 0.222 e. The van der Waals surface area contributed by atoms with E-state index in [0.717, 1.165) is 28.4 Å². The van der Waals surface area contributed by atoms with Gasteiger partial charge in [-0.05, 0) is 36.1 Å². The Kier molecular flexibility index (Phi) is 8.66. The number of nitriles is 1. The van der Waals surface area contributed by atoms with Crippen LogP contribution < -0.4 is 39.9 Å². The molecule has 2 aromatic carbocycles. The van der Waals surface area contributed by atoms with Crippen LogP contribution in [0.25, 0.3) is 0 Å². The van der Waals surface area contributed by atoms with Crippen molar-refractivity contribution in [2.75, 3.05) is 44.5 Å². The summed E-state index contributed by atoms with van der Waals surface area (Å²) in [5.41, 5.74) is 13.2. The number of benzene rings is 2. The highest BCUT2D eigenvalue weighted by Crippen LogP contribution is 2.45. The van der Waals surface area contributed by atoms with Gasteiger partial charge in [0.25, 0.3) is 0 Å². The van der Waals surface area contributed by atoms with Crippen molar-refractivity contribution in [3.05, 3.63) is 41.6 Å². The van der Waals surface area contributed by atoms with Gasteiger partial charge in [0, 0.05) is 11.1 Å². The SMILES string of the molecule is CC(C)c1c(OCC#N)ccc2c1OCCO2.CC(C)c1c(Oc2cnc(N)nc2N)ccc2c1OCCO2. The molecule has 0 amide bonds. The summed E-state index contributed by atoms with van der Waals surface area (Å²) in [6.45, 7) is 10.5. The van der Waals surface area contributed by atoms with Crippen LogP contribution in [0, 0.1) is 11.3 Å². The zero-order chi connectivity index (χ0) is 27.9. The predicted molar refractivity (Wildman–Crippen MR) is 145 cm³/mol. The molecule has 1 aromatic heterocycles. The Morgan fingerprint density at radius 3 is 1.90 bits per heavy atom. The maximum absolute atomic E-state index is 8.56. The van der Waals surface area contributed by atoms with Gasteiger partial charge in [-0.3, -0.25) is 0 Å². The van der Waals surface area contributed by atoms with Crippen molar-refractivity contribution in [2.45, 2.75) is 39.5 Å². The summed E-state index contributed by atoms with van der Waals surface area (Å²) in [6.07, 6.45) is 1.46. The lowest BCUT2D eigenvalue weighted by molar-refractivity contribution is 0.168. The zero-order valence-corrected chi connectivity index (χ0v) is 22.5. The number of nitrogen functional groups attached to an aromatic ring is 2. The van der Waals surface area contributed by atoms with E-state index in [0.29, 0.717) is 49.4 Å². The van der Waals surface area contributed by atoms with Crippen LogP contribution >= 0.6 is 0 Å². The van der Waals surface area contributed by atoms with Crippen molar-refractivity contribution >= 4 is 11.8 Å². The number of nitrogens with two attached hydrogens (primary N) is 2. The number of ether oxygens (including phenoxy) is 6. The van der Waals surface area contributed by atoms with Crippen LogP contribution in [-0.2, 0) is 0 Å². The van der Waals surface area contributed by atoms with E-state index in [4.69, 9.17) is 45.2 Å². The van der Waals surface area contributed by atoms with Crippen LogP contribution in [0.5, 0.6) is 40.2 Å². The molecule has 0 atom stereocenters. The summed E-state index contributed by atoms with van der Waals surface area (Å²) >= 11 is 0. The summed E-state index contributed by atoms with van der Waals surface area (Å²) < 4.78 is 33.8. The van der Waals surface area contributed by atoms with Crippen molar-refractivity contribution in [1.82, 2.24) is 9.97 Å². The van der Waals surface area contributed by atoms with Gasteiger partial charge in [-0.2, -0.15) is 10.2 Å². The lowest BCUT2D eigenvalue weighted by Gasteiger charge is -2.24. The van der Waals surface area contributed by atoms with E-state index in [-0.39, 0.29) is 30.2 Å². The van der Waals surface area contributed by atoms with Crippen LogP contribution in [0.4, 0.5) is 11.8 Å². The van der Waals surface area contributed by atoms with E-state index < -0.39 is 0 Å². The summed E-state index contributed by atoms with van der Waals surface area (Å²) in [5, 5.41) is 8.56. The van der Waals surface area contributed by atoms with E-state index in [1.54, 1.807) is 0 Å². The number of aromatic nitrogens is 2. The minimum atomic E-state index is 0.0410. The zero-order valence-electron chi connectivity index (χ0n) is 22.5. The molecule has 0 saturated carbocycles. The lowest BCUT2D eigenvalue weighted by atomic mass is 10.00. The number of nitrogens with zero attached hydrogens (tertiary/aromatic N) is 3. The first-order valence-electron chi connectivity index (χ1n) is 12.7. The Bertz CT molecular complexity index is 1360. The van der Waals surface area contributed by atoms with Crippen molar-refractivity contribution in [3.8, 4) is 46.3 Å². The molecule has 2 aliphatic heterocycles. The molecule has 2 aliphatic rings. The third kappa shape index (κ3) is 6.29. The van der Waals surface area contributed by atoms with Crippen LogP contribution in [0.3, 0.4) is 0 Å². The first-order valence-corrected chi connectivity index (χ1v) is 12.7. The highest BCUT2D eigenvalue weighted by atomic mass is 16.6. The average molecular weight is 536 g/mol. The molecule has 3 aromatic rings. The minimum absolute atomic E-state index is 0.0410. The molecule has 0 saturated heterocycles. The topological polar surface area (TPSA) is 157 Å². The van der Waals surface area contributed by atoms with Gasteiger partial charge in [-0.25, -0.2) is 4.98 Å². The van der Waals surface area contributed by atoms with E-state index in [2.05, 4.69) is 37.7 Å². The molecule has 0 fully saturated rings. The van der Waals surface area contributed by atoms with Gasteiger partial charge in [0.15, 0.2) is 41.2 Å². The molecule has 11 nitrogen and oxygen atoms in total. The number of fused-ring (bicyclic) bond motifs is 2. The molecular weight excluding hydrogens is 502 g/mol. The standard InChI is InChI=1S/C15H18N4O3.C13H15NO3/c1-8(2)12-9(3-4-10-13(12)21-6-5-20-10)22-11-7-18-15(17)19-14(11)16;1-9(2)12-10(15-6-5-14)3-4-11-13(12)17-8-7-16-11/h3-4,7-8H,5-6H2,1-2H3,(H4,16,17,18,19);3-4,9H,6-8H2,1-2H3. The maximum Gasteiger partial charge on any atom is 0.222 e. The molecule has 0 radical (unpaired) electrons. The Balaban J connectivity index is 0.000000187. The van der Waals surface area contributed by atoms with Gasteiger partial charge >= 0.3 is 0 Å². The summed E-state index contributed by atoms with van der Waals surface area (Å²) in [5.74, 6) is 5.37. The van der Waals surface area contributed by atoms with Gasteiger partial charge in [0.1, 0.15) is 44.0 Å². The normalized spacial score (nSPS) is 13.3. The van der Waals surface area contributed by atoms with Crippen molar-refractivity contribution in [1.29, 1.82) is 5.26 Å². The molecule has 0 spiro atoms. The van der Waals surface area contributed by atoms with Gasteiger partial charge in [0.05, 0.1) is 6.20 Å². The van der Waals surface area contributed by atoms with Crippen LogP contribution in [0.2, 0.25) is 0 Å². The van der Waals surface area contributed by atoms with E-state index in [1.807, 2.05) is 30.3 Å². The second kappa shape index (κ2) is 12.3. The Morgan fingerprint density at radius 1 is 0.821 bits per heavy atom. The monoisotopic (exact) mass is 535 g/mol. The number of hydrogen-bond acceptors (Lipinski definition) is 11. The lowest BCUT2D eigenvalue weighted by Crippen LogP contribution is -2.17. The third-order valence-electron chi connectivity index (χ3n) is 5.88. The second-order valence-corrected chi connectivity index (χ2v) is 9.34. The highest BCUT2D eigenvalue weighted by molar-refractivity contribution is 5.58. The fraction of sp³-hybridized carbons (Fsp3) is 0.393. The Morgan fingerprint density at radius 2 is 1.36 bits per heavy atom. The number of rotatable bonds is 6. The minimum Gasteiger partial charge on any atom is -0.486 e. The maximum atomic E-state index is 8.56. The van der Waals surface area contributed by atoms with E-state index >= 15 is 0 Å². The Hall–Kier alpha value is -4.59. The molecule has 39 heavy (non-hydrogen) atoms. The first-order chi connectivity index (χ1) is 18.8. The van der Waals surface area contributed by atoms with Gasteiger partial charge < -0.3 is 39.9 Å². The summed E-state index contributed by atoms with van der Waals surface area (Å²) in [7, 11) is 0. The van der Waals surface area contributed by atoms with Gasteiger partial charge in [-0.15, -0.1) is 0 Å². The van der Waals surface area contributed by atoms with Gasteiger partial charge in [-0.1, -0.05) is 27.7 Å². The molecule has 3 heterocycles. The predicted octanol–water partition coefficient (Wildman–Crippen LogP) is 4.81. The van der Waals surface area contributed by atoms with Gasteiger partial charge in [0.2, 0.25) is 5.95 Å². The fourth-order valence-electron chi connectivity index (χ4n) is 4.25. The molecule has 4 N–H and O–H groups in total. The Labute approximate surface area is 227 Å². The summed E-state index contributed by atoms with van der Waals surface area (Å²) in [4.78, 5) is 7.80. The molecule has 0 aliphatic carbocycles. The molecule has 0 bridgehead atoms. The first kappa shape index (κ1) is 27.4. The molecule has 11 heteroatoms. The van der Waals surface area contributed by atoms with Crippen molar-refractivity contribution in [3.63, 3.8) is 0 Å². The number of anilines is 2. The molecule has 0 unspecified atom stereocenters. The van der Waals surface area contributed by atoms with E-state index in [9.17, 15) is 0 Å². The molecular formula is C28H33N5O6. The third-order valence-corrected chi connectivity index (χ3v) is 5.88. The molecule has 5 rings (SSSR count).